The Morgan fingerprint density at radius 3 is 2.12 bits per heavy atom. The lowest BCUT2D eigenvalue weighted by molar-refractivity contribution is -0.890. The van der Waals surface area contributed by atoms with E-state index < -0.39 is 0 Å². The molecule has 0 fully saturated rings. The van der Waals surface area contributed by atoms with Gasteiger partial charge in [0.15, 0.2) is 0 Å². The van der Waals surface area contributed by atoms with Gasteiger partial charge in [-0.15, -0.1) is 6.58 Å². The number of esters is 1. The summed E-state index contributed by atoms with van der Waals surface area (Å²) in [5.74, 6) is -0.0189. The van der Waals surface area contributed by atoms with Gasteiger partial charge in [0.05, 0.1) is 20.6 Å². The molecule has 0 aliphatic heterocycles. The maximum absolute atomic E-state index is 11.8. The molecule has 156 valence electrons. The number of ether oxygens (including phenoxy) is 1. The van der Waals surface area contributed by atoms with Crippen molar-refractivity contribution < 1.29 is 31.0 Å². The van der Waals surface area contributed by atoms with Gasteiger partial charge in [0.25, 0.3) is 0 Å². The predicted octanol–water partition coefficient (Wildman–Crippen LogP) is 2.89. The molecular formula is C22H44BrNO2. The molecule has 0 saturated carbocycles. The zero-order chi connectivity index (χ0) is 18.8. The summed E-state index contributed by atoms with van der Waals surface area (Å²) in [6.45, 7) is 8.64. The molecule has 0 saturated heterocycles. The van der Waals surface area contributed by atoms with Gasteiger partial charge >= 0.3 is 5.97 Å². The highest BCUT2D eigenvalue weighted by Gasteiger charge is 2.15. The van der Waals surface area contributed by atoms with Crippen molar-refractivity contribution in [1.29, 1.82) is 0 Å². The first-order chi connectivity index (χ1) is 12.0. The van der Waals surface area contributed by atoms with Gasteiger partial charge in [0.1, 0.15) is 13.2 Å². The second-order valence-electron chi connectivity index (χ2n) is 7.97. The van der Waals surface area contributed by atoms with Crippen LogP contribution in [-0.4, -0.2) is 44.2 Å². The first kappa shape index (κ1) is 27.9. The number of rotatable bonds is 18. The summed E-state index contributed by atoms with van der Waals surface area (Å²) in [6.07, 6.45) is 17.4. The monoisotopic (exact) mass is 433 g/mol. The third kappa shape index (κ3) is 20.0. The van der Waals surface area contributed by atoms with E-state index >= 15 is 0 Å². The molecule has 0 aromatic heterocycles. The minimum absolute atomic E-state index is 0. The summed E-state index contributed by atoms with van der Waals surface area (Å²) in [7, 11) is 4.47. The Morgan fingerprint density at radius 2 is 1.46 bits per heavy atom. The van der Waals surface area contributed by atoms with Crippen molar-refractivity contribution in [2.45, 2.75) is 90.4 Å². The van der Waals surface area contributed by atoms with Crippen LogP contribution in [0.15, 0.2) is 12.7 Å². The fourth-order valence-electron chi connectivity index (χ4n) is 3.00. The molecule has 0 aromatic carbocycles. The quantitative estimate of drug-likeness (QED) is 0.144. The van der Waals surface area contributed by atoms with Crippen LogP contribution < -0.4 is 17.0 Å². The van der Waals surface area contributed by atoms with Gasteiger partial charge in [-0.1, -0.05) is 57.9 Å². The van der Waals surface area contributed by atoms with E-state index in [4.69, 9.17) is 4.74 Å². The van der Waals surface area contributed by atoms with Crippen molar-refractivity contribution >= 4 is 5.97 Å². The van der Waals surface area contributed by atoms with Gasteiger partial charge in [-0.2, -0.15) is 0 Å². The first-order valence-electron chi connectivity index (χ1n) is 10.6. The van der Waals surface area contributed by atoms with Crippen LogP contribution in [0.4, 0.5) is 0 Å². The zero-order valence-corrected chi connectivity index (χ0v) is 19.3. The maximum Gasteiger partial charge on any atom is 0.305 e. The van der Waals surface area contributed by atoms with E-state index in [-0.39, 0.29) is 23.0 Å². The van der Waals surface area contributed by atoms with Crippen LogP contribution in [0, 0.1) is 0 Å². The molecule has 0 aliphatic carbocycles. The second-order valence-corrected chi connectivity index (χ2v) is 7.97. The normalized spacial score (nSPS) is 11.0. The summed E-state index contributed by atoms with van der Waals surface area (Å²) >= 11 is 0. The molecule has 0 N–H and O–H groups in total. The Morgan fingerprint density at radius 1 is 0.885 bits per heavy atom. The number of likely N-dealkylation sites (N-methyl/N-ethyl adjacent to an activating group) is 1. The topological polar surface area (TPSA) is 26.3 Å². The molecule has 4 heteroatoms. The van der Waals surface area contributed by atoms with Crippen molar-refractivity contribution in [2.75, 3.05) is 33.8 Å². The standard InChI is InChI=1S/C22H44NO2.BrH/c1-5-7-9-11-12-13-14-16-18-22(24)25-21-20-23(3,4)19-17-15-10-8-6-2;/h5H,1,6-21H2,2-4H3;1H/q+1;/p-1. The van der Waals surface area contributed by atoms with Gasteiger partial charge in [-0.3, -0.25) is 4.79 Å². The van der Waals surface area contributed by atoms with Crippen molar-refractivity contribution in [3.05, 3.63) is 12.7 Å². The number of unbranched alkanes of at least 4 members (excludes halogenated alkanes) is 10. The molecule has 0 amide bonds. The SMILES string of the molecule is C=CCCCCCCCCC(=O)OCC[N+](C)(C)CCCCCCC.[Br-]. The zero-order valence-electron chi connectivity index (χ0n) is 17.7. The molecule has 0 heterocycles. The van der Waals surface area contributed by atoms with Crippen LogP contribution in [0.3, 0.4) is 0 Å². The van der Waals surface area contributed by atoms with E-state index in [1.54, 1.807) is 0 Å². The van der Waals surface area contributed by atoms with Crippen molar-refractivity contribution in [3.8, 4) is 0 Å². The van der Waals surface area contributed by atoms with Gasteiger partial charge in [0.2, 0.25) is 0 Å². The number of carbonyl (C=O) groups excluding carboxylic acids is 1. The van der Waals surface area contributed by atoms with Crippen LogP contribution in [-0.2, 0) is 9.53 Å². The number of halogens is 1. The van der Waals surface area contributed by atoms with Gasteiger partial charge in [-0.05, 0) is 32.1 Å². The van der Waals surface area contributed by atoms with E-state index in [1.807, 2.05) is 6.08 Å². The molecular weight excluding hydrogens is 390 g/mol. The third-order valence-electron chi connectivity index (χ3n) is 4.87. The minimum atomic E-state index is -0.0189. The largest absolute Gasteiger partial charge is 1.00 e. The van der Waals surface area contributed by atoms with E-state index in [1.165, 1.54) is 64.3 Å². The van der Waals surface area contributed by atoms with Crippen molar-refractivity contribution in [3.63, 3.8) is 0 Å². The summed E-state index contributed by atoms with van der Waals surface area (Å²) < 4.78 is 6.37. The molecule has 3 nitrogen and oxygen atoms in total. The predicted molar refractivity (Wildman–Crippen MR) is 109 cm³/mol. The lowest BCUT2D eigenvalue weighted by Crippen LogP contribution is -3.00. The number of hydrogen-bond donors (Lipinski definition) is 0. The number of quaternary nitrogens is 1. The molecule has 0 aliphatic rings. The van der Waals surface area contributed by atoms with Gasteiger partial charge in [-0.25, -0.2) is 0 Å². The van der Waals surface area contributed by atoms with Crippen LogP contribution in [0.1, 0.15) is 90.4 Å². The van der Waals surface area contributed by atoms with E-state index in [2.05, 4.69) is 27.6 Å². The van der Waals surface area contributed by atoms with E-state index in [0.717, 1.165) is 30.3 Å². The van der Waals surface area contributed by atoms with Crippen molar-refractivity contribution in [1.82, 2.24) is 0 Å². The molecule has 26 heavy (non-hydrogen) atoms. The number of allylic oxidation sites excluding steroid dienone is 1. The number of hydrogen-bond acceptors (Lipinski definition) is 2. The molecule has 0 rings (SSSR count). The van der Waals surface area contributed by atoms with E-state index in [0.29, 0.717) is 13.0 Å². The average molecular weight is 435 g/mol. The highest BCUT2D eigenvalue weighted by molar-refractivity contribution is 5.69. The molecule has 0 spiro atoms. The Kier molecular flexibility index (Phi) is 20.8. The summed E-state index contributed by atoms with van der Waals surface area (Å²) in [5.41, 5.74) is 0. The molecule has 0 unspecified atom stereocenters. The number of nitrogens with zero attached hydrogens (tertiary/aromatic N) is 1. The molecule has 0 radical (unpaired) electrons. The Balaban J connectivity index is 0. The second kappa shape index (κ2) is 19.4. The highest BCUT2D eigenvalue weighted by Crippen LogP contribution is 2.10. The van der Waals surface area contributed by atoms with Crippen molar-refractivity contribution in [2.24, 2.45) is 0 Å². The summed E-state index contributed by atoms with van der Waals surface area (Å²) in [5, 5.41) is 0. The maximum atomic E-state index is 11.8. The van der Waals surface area contributed by atoms with Crippen LogP contribution >= 0.6 is 0 Å². The van der Waals surface area contributed by atoms with E-state index in [9.17, 15) is 4.79 Å². The summed E-state index contributed by atoms with van der Waals surface area (Å²) in [6, 6.07) is 0. The average Bonchev–Trinajstić information content (AvgIpc) is 2.57. The third-order valence-corrected chi connectivity index (χ3v) is 4.87. The lowest BCUT2D eigenvalue weighted by Gasteiger charge is -2.29. The smallest absolute Gasteiger partial charge is 0.305 e. The first-order valence-corrected chi connectivity index (χ1v) is 10.6. The number of carbonyl (C=O) groups is 1. The van der Waals surface area contributed by atoms with Gasteiger partial charge in [0, 0.05) is 6.42 Å². The van der Waals surface area contributed by atoms with Crippen LogP contribution in [0.5, 0.6) is 0 Å². The van der Waals surface area contributed by atoms with Crippen LogP contribution in [0.2, 0.25) is 0 Å². The van der Waals surface area contributed by atoms with Gasteiger partial charge < -0.3 is 26.2 Å². The molecule has 0 bridgehead atoms. The molecule has 0 aromatic rings. The Bertz CT molecular complexity index is 332. The lowest BCUT2D eigenvalue weighted by atomic mass is 10.1. The Labute approximate surface area is 173 Å². The fraction of sp³-hybridized carbons (Fsp3) is 0.864. The van der Waals surface area contributed by atoms with Crippen LogP contribution in [0.25, 0.3) is 0 Å². The fourth-order valence-corrected chi connectivity index (χ4v) is 3.00. The summed E-state index contributed by atoms with van der Waals surface area (Å²) in [4.78, 5) is 11.8. The minimum Gasteiger partial charge on any atom is -1.00 e. The Hall–Kier alpha value is -0.350. The molecule has 0 atom stereocenters. The highest BCUT2D eigenvalue weighted by atomic mass is 79.9.